The van der Waals surface area contributed by atoms with E-state index in [-0.39, 0.29) is 29.8 Å². The normalized spacial score (nSPS) is 11.2. The smallest absolute Gasteiger partial charge is 0.191 e. The molecule has 0 radical (unpaired) electrons. The lowest BCUT2D eigenvalue weighted by Crippen LogP contribution is -2.38. The van der Waals surface area contributed by atoms with Gasteiger partial charge in [-0.3, -0.25) is 4.99 Å². The highest BCUT2D eigenvalue weighted by Crippen LogP contribution is 2.09. The number of ether oxygens (including phenoxy) is 1. The number of rotatable bonds is 11. The number of hydrogen-bond acceptors (Lipinski definition) is 3. The number of aliphatic imine (C=N–C) groups is 1. The fourth-order valence-electron chi connectivity index (χ4n) is 2.53. The predicted octanol–water partition coefficient (Wildman–Crippen LogP) is 3.54. The summed E-state index contributed by atoms with van der Waals surface area (Å²) >= 11 is 0. The molecule has 1 aromatic carbocycles. The van der Waals surface area contributed by atoms with Crippen LogP contribution in [-0.4, -0.2) is 48.6 Å². The molecule has 0 unspecified atom stereocenters. The van der Waals surface area contributed by atoms with Crippen LogP contribution in [0.15, 0.2) is 41.5 Å². The fraction of sp³-hybridized carbons (Fsp3) is 0.500. The molecule has 0 bridgehead atoms. The molecule has 1 heterocycles. The van der Waals surface area contributed by atoms with Crippen molar-refractivity contribution in [3.05, 3.63) is 48.0 Å². The Morgan fingerprint density at radius 2 is 1.93 bits per heavy atom. The summed E-state index contributed by atoms with van der Waals surface area (Å²) in [7, 11) is 0. The molecule has 156 valence electrons. The minimum absolute atomic E-state index is 0. The molecule has 8 heteroatoms. The average Bonchev–Trinajstić information content (AvgIpc) is 3.14. The summed E-state index contributed by atoms with van der Waals surface area (Å²) in [5.41, 5.74) is 1.82. The van der Waals surface area contributed by atoms with Gasteiger partial charge in [0.05, 0.1) is 11.4 Å². The van der Waals surface area contributed by atoms with Crippen LogP contribution < -0.4 is 10.6 Å². The van der Waals surface area contributed by atoms with Crippen molar-refractivity contribution in [2.24, 2.45) is 4.99 Å². The van der Waals surface area contributed by atoms with Crippen molar-refractivity contribution >= 4 is 29.9 Å². The summed E-state index contributed by atoms with van der Waals surface area (Å²) in [5, 5.41) is 11.1. The van der Waals surface area contributed by atoms with Gasteiger partial charge in [-0.2, -0.15) is 5.10 Å². The number of halogens is 2. The maximum atomic E-state index is 13.0. The van der Waals surface area contributed by atoms with Crippen molar-refractivity contribution in [3.8, 4) is 5.69 Å². The van der Waals surface area contributed by atoms with Crippen LogP contribution >= 0.6 is 24.0 Å². The van der Waals surface area contributed by atoms with Crippen LogP contribution in [0.2, 0.25) is 0 Å². The fourth-order valence-corrected chi connectivity index (χ4v) is 2.53. The molecule has 2 N–H and O–H groups in total. The van der Waals surface area contributed by atoms with Crippen LogP contribution in [0.4, 0.5) is 4.39 Å². The summed E-state index contributed by atoms with van der Waals surface area (Å²) in [6.45, 7) is 7.97. The highest BCUT2D eigenvalue weighted by Gasteiger charge is 2.03. The Balaban J connectivity index is 0.00000392. The van der Waals surface area contributed by atoms with Crippen molar-refractivity contribution in [1.29, 1.82) is 0 Å². The van der Waals surface area contributed by atoms with Gasteiger partial charge in [-0.1, -0.05) is 0 Å². The van der Waals surface area contributed by atoms with Gasteiger partial charge >= 0.3 is 0 Å². The Morgan fingerprint density at radius 3 is 2.64 bits per heavy atom. The monoisotopic (exact) mass is 503 g/mol. The number of benzene rings is 1. The van der Waals surface area contributed by atoms with Gasteiger partial charge in [0, 0.05) is 45.5 Å². The lowest BCUT2D eigenvalue weighted by molar-refractivity contribution is 0.144. The summed E-state index contributed by atoms with van der Waals surface area (Å²) in [5.74, 6) is 0.579. The number of unbranched alkanes of at least 4 members (excludes halogenated alkanes) is 1. The summed E-state index contributed by atoms with van der Waals surface area (Å²) in [6, 6.07) is 8.28. The quantitative estimate of drug-likeness (QED) is 0.213. The van der Waals surface area contributed by atoms with Crippen molar-refractivity contribution in [1.82, 2.24) is 20.4 Å². The summed E-state index contributed by atoms with van der Waals surface area (Å²) in [4.78, 5) is 4.58. The van der Waals surface area contributed by atoms with Crippen LogP contribution in [0.1, 0.15) is 32.4 Å². The molecule has 0 saturated heterocycles. The molecule has 0 atom stereocenters. The second kappa shape index (κ2) is 14.3. The van der Waals surface area contributed by atoms with E-state index in [2.05, 4.69) is 27.6 Å². The van der Waals surface area contributed by atoms with Crippen molar-refractivity contribution in [2.75, 3.05) is 32.8 Å². The molecule has 6 nitrogen and oxygen atoms in total. The maximum Gasteiger partial charge on any atom is 0.191 e. The van der Waals surface area contributed by atoms with Crippen molar-refractivity contribution in [2.45, 2.75) is 33.1 Å². The first kappa shape index (κ1) is 24.4. The highest BCUT2D eigenvalue weighted by atomic mass is 127. The SMILES string of the molecule is CCNC(=NCCCCOCC)NCCc1ccn(-c2ccc(F)cc2)n1.I. The lowest BCUT2D eigenvalue weighted by atomic mass is 10.3. The van der Waals surface area contributed by atoms with Gasteiger partial charge in [-0.05, 0) is 57.0 Å². The predicted molar refractivity (Wildman–Crippen MR) is 122 cm³/mol. The molecule has 28 heavy (non-hydrogen) atoms. The molecule has 1 aromatic heterocycles. The average molecular weight is 503 g/mol. The standard InChI is InChI=1S/C20H30FN5O.HI/c1-3-22-20(23-13-5-6-16-27-4-2)24-14-11-18-12-15-26(25-18)19-9-7-17(21)8-10-19;/h7-10,12,15H,3-6,11,13-14,16H2,1-2H3,(H2,22,23,24);1H. The van der Waals surface area contributed by atoms with E-state index >= 15 is 0 Å². The molecule has 0 aliphatic carbocycles. The van der Waals surface area contributed by atoms with E-state index in [0.717, 1.165) is 69.5 Å². The van der Waals surface area contributed by atoms with Crippen LogP contribution in [-0.2, 0) is 11.2 Å². The van der Waals surface area contributed by atoms with Crippen LogP contribution in [0.25, 0.3) is 5.69 Å². The zero-order valence-corrected chi connectivity index (χ0v) is 19.0. The number of hydrogen-bond donors (Lipinski definition) is 2. The number of nitrogens with zero attached hydrogens (tertiary/aromatic N) is 3. The third-order valence-electron chi connectivity index (χ3n) is 3.92. The second-order valence-corrected chi connectivity index (χ2v) is 6.07. The van der Waals surface area contributed by atoms with Gasteiger partial charge in [0.25, 0.3) is 0 Å². The third-order valence-corrected chi connectivity index (χ3v) is 3.92. The minimum atomic E-state index is -0.247. The van der Waals surface area contributed by atoms with Gasteiger partial charge in [-0.15, -0.1) is 24.0 Å². The molecule has 0 saturated carbocycles. The van der Waals surface area contributed by atoms with Gasteiger partial charge in [0.15, 0.2) is 5.96 Å². The molecule has 0 aliphatic heterocycles. The van der Waals surface area contributed by atoms with Crippen molar-refractivity contribution in [3.63, 3.8) is 0 Å². The molecule has 2 aromatic rings. The Labute approximate surface area is 184 Å². The largest absolute Gasteiger partial charge is 0.382 e. The van der Waals surface area contributed by atoms with Crippen LogP contribution in [0, 0.1) is 5.82 Å². The van der Waals surface area contributed by atoms with E-state index in [1.807, 2.05) is 19.2 Å². The van der Waals surface area contributed by atoms with Gasteiger partial charge in [0.1, 0.15) is 5.82 Å². The summed E-state index contributed by atoms with van der Waals surface area (Å²) < 4.78 is 20.1. The number of aromatic nitrogens is 2. The molecule has 0 spiro atoms. The van der Waals surface area contributed by atoms with E-state index in [1.165, 1.54) is 12.1 Å². The van der Waals surface area contributed by atoms with Gasteiger partial charge < -0.3 is 15.4 Å². The Bertz CT molecular complexity index is 690. The lowest BCUT2D eigenvalue weighted by Gasteiger charge is -2.10. The first-order valence-electron chi connectivity index (χ1n) is 9.63. The molecule has 2 rings (SSSR count). The van der Waals surface area contributed by atoms with Gasteiger partial charge in [-0.25, -0.2) is 9.07 Å². The van der Waals surface area contributed by atoms with E-state index in [4.69, 9.17) is 4.74 Å². The first-order chi connectivity index (χ1) is 13.2. The molecular weight excluding hydrogens is 472 g/mol. The summed E-state index contributed by atoms with van der Waals surface area (Å²) in [6.07, 6.45) is 4.71. The van der Waals surface area contributed by atoms with E-state index in [1.54, 1.807) is 16.8 Å². The Kier molecular flexibility index (Phi) is 12.5. The van der Waals surface area contributed by atoms with E-state index < -0.39 is 0 Å². The third kappa shape index (κ3) is 9.01. The first-order valence-corrected chi connectivity index (χ1v) is 9.63. The highest BCUT2D eigenvalue weighted by molar-refractivity contribution is 14.0. The maximum absolute atomic E-state index is 13.0. The topological polar surface area (TPSA) is 63.5 Å². The Morgan fingerprint density at radius 1 is 1.14 bits per heavy atom. The van der Waals surface area contributed by atoms with E-state index in [0.29, 0.717) is 0 Å². The zero-order chi connectivity index (χ0) is 19.3. The molecule has 0 amide bonds. The molecular formula is C20H31FIN5O. The van der Waals surface area contributed by atoms with Crippen LogP contribution in [0.5, 0.6) is 0 Å². The zero-order valence-electron chi connectivity index (χ0n) is 16.7. The van der Waals surface area contributed by atoms with Gasteiger partial charge in [0.2, 0.25) is 0 Å². The molecule has 0 fully saturated rings. The number of nitrogens with one attached hydrogen (secondary N) is 2. The van der Waals surface area contributed by atoms with Crippen molar-refractivity contribution < 1.29 is 9.13 Å². The van der Waals surface area contributed by atoms with E-state index in [9.17, 15) is 4.39 Å². The minimum Gasteiger partial charge on any atom is -0.382 e. The molecule has 0 aliphatic rings. The Hall–Kier alpha value is -1.68. The van der Waals surface area contributed by atoms with Crippen LogP contribution in [0.3, 0.4) is 0 Å². The number of guanidine groups is 1. The second-order valence-electron chi connectivity index (χ2n) is 6.07.